The van der Waals surface area contributed by atoms with Crippen molar-refractivity contribution < 1.29 is 14.3 Å². The van der Waals surface area contributed by atoms with E-state index >= 15 is 0 Å². The van der Waals surface area contributed by atoms with E-state index in [1.807, 2.05) is 34.6 Å². The Kier molecular flexibility index (Phi) is 10.4. The van der Waals surface area contributed by atoms with E-state index in [2.05, 4.69) is 19.2 Å². The molecule has 1 aliphatic rings. The molecule has 0 unspecified atom stereocenters. The molecule has 0 spiro atoms. The minimum atomic E-state index is -0.416. The Bertz CT molecular complexity index is 295. The van der Waals surface area contributed by atoms with Crippen LogP contribution in [0.15, 0.2) is 0 Å². The summed E-state index contributed by atoms with van der Waals surface area (Å²) >= 11 is 0. The normalized spacial score (nSPS) is 15.2. The summed E-state index contributed by atoms with van der Waals surface area (Å²) < 4.78 is 10.9. The van der Waals surface area contributed by atoms with Crippen molar-refractivity contribution in [1.82, 2.24) is 10.2 Å². The third kappa shape index (κ3) is 10.0. The molecule has 0 atom stereocenters. The maximum atomic E-state index is 11.7. The van der Waals surface area contributed by atoms with Gasteiger partial charge in [0.25, 0.3) is 0 Å². The Labute approximate surface area is 136 Å². The van der Waals surface area contributed by atoms with Crippen LogP contribution in [0.2, 0.25) is 0 Å². The van der Waals surface area contributed by atoms with Gasteiger partial charge in [-0.2, -0.15) is 0 Å². The number of nitrogens with zero attached hydrogens (tertiary/aromatic N) is 1. The average molecular weight is 316 g/mol. The molecule has 0 saturated carbocycles. The summed E-state index contributed by atoms with van der Waals surface area (Å²) in [6.45, 7) is 18.9. The lowest BCUT2D eigenvalue weighted by Crippen LogP contribution is -2.53. The molecule has 0 aliphatic carbocycles. The third-order valence-electron chi connectivity index (χ3n) is 2.94. The monoisotopic (exact) mass is 316 g/mol. The standard InChI is InChI=1S/C15H30N2O3.C2H6/c1-12(2)8-16-6-7-19-11-13-9-17(10-13)14(18)20-15(3,4)5;1-2/h12-13,16H,6-11H2,1-5H3;1-2H3. The molecule has 5 heteroatoms. The lowest BCUT2D eigenvalue weighted by Gasteiger charge is -2.39. The molecule has 132 valence electrons. The highest BCUT2D eigenvalue weighted by atomic mass is 16.6. The van der Waals surface area contributed by atoms with Gasteiger partial charge in [-0.05, 0) is 33.2 Å². The van der Waals surface area contributed by atoms with E-state index in [1.54, 1.807) is 4.90 Å². The van der Waals surface area contributed by atoms with Crippen molar-refractivity contribution in [1.29, 1.82) is 0 Å². The summed E-state index contributed by atoms with van der Waals surface area (Å²) in [5.74, 6) is 1.12. The molecule has 22 heavy (non-hydrogen) atoms. The predicted molar refractivity (Wildman–Crippen MR) is 91.2 cm³/mol. The average Bonchev–Trinajstić information content (AvgIpc) is 2.35. The van der Waals surface area contributed by atoms with Gasteiger partial charge < -0.3 is 19.7 Å². The zero-order chi connectivity index (χ0) is 17.2. The quantitative estimate of drug-likeness (QED) is 0.733. The number of hydrogen-bond acceptors (Lipinski definition) is 4. The fraction of sp³-hybridized carbons (Fsp3) is 0.941. The number of likely N-dealkylation sites (tertiary alicyclic amines) is 1. The second-order valence-corrected chi connectivity index (χ2v) is 6.92. The van der Waals surface area contributed by atoms with Crippen molar-refractivity contribution >= 4 is 6.09 Å². The van der Waals surface area contributed by atoms with Crippen LogP contribution in [0.25, 0.3) is 0 Å². The molecule has 1 amide bonds. The van der Waals surface area contributed by atoms with Crippen LogP contribution >= 0.6 is 0 Å². The second-order valence-electron chi connectivity index (χ2n) is 6.92. The number of carbonyl (C=O) groups is 1. The smallest absolute Gasteiger partial charge is 0.410 e. The third-order valence-corrected chi connectivity index (χ3v) is 2.94. The Balaban J connectivity index is 0.00000211. The molecule has 0 radical (unpaired) electrons. The van der Waals surface area contributed by atoms with Gasteiger partial charge in [0.15, 0.2) is 0 Å². The van der Waals surface area contributed by atoms with E-state index in [1.165, 1.54) is 0 Å². The van der Waals surface area contributed by atoms with Crippen molar-refractivity contribution in [2.75, 3.05) is 39.4 Å². The number of rotatable bonds is 7. The van der Waals surface area contributed by atoms with Crippen LogP contribution in [0.1, 0.15) is 48.5 Å². The minimum Gasteiger partial charge on any atom is -0.444 e. The predicted octanol–water partition coefficient (Wildman–Crippen LogP) is 3.14. The zero-order valence-electron chi connectivity index (χ0n) is 15.6. The van der Waals surface area contributed by atoms with Crippen LogP contribution in [0.5, 0.6) is 0 Å². The van der Waals surface area contributed by atoms with Gasteiger partial charge in [0.2, 0.25) is 0 Å². The highest BCUT2D eigenvalue weighted by molar-refractivity contribution is 5.69. The minimum absolute atomic E-state index is 0.215. The first-order valence-corrected chi connectivity index (χ1v) is 8.54. The van der Waals surface area contributed by atoms with E-state index in [9.17, 15) is 4.79 Å². The first-order valence-electron chi connectivity index (χ1n) is 8.54. The van der Waals surface area contributed by atoms with Crippen LogP contribution in [0, 0.1) is 11.8 Å². The van der Waals surface area contributed by atoms with E-state index in [0.29, 0.717) is 11.8 Å². The van der Waals surface area contributed by atoms with Crippen molar-refractivity contribution in [2.24, 2.45) is 11.8 Å². The summed E-state index contributed by atoms with van der Waals surface area (Å²) in [5, 5.41) is 3.34. The maximum absolute atomic E-state index is 11.7. The molecule has 1 N–H and O–H groups in total. The Morgan fingerprint density at radius 1 is 1.27 bits per heavy atom. The van der Waals surface area contributed by atoms with Gasteiger partial charge >= 0.3 is 6.09 Å². The lowest BCUT2D eigenvalue weighted by molar-refractivity contribution is -0.0198. The first kappa shape index (κ1) is 21.2. The van der Waals surface area contributed by atoms with Crippen LogP contribution in [-0.4, -0.2) is 56.0 Å². The van der Waals surface area contributed by atoms with E-state index in [4.69, 9.17) is 9.47 Å². The van der Waals surface area contributed by atoms with Crippen LogP contribution in [-0.2, 0) is 9.47 Å². The van der Waals surface area contributed by atoms with Gasteiger partial charge in [-0.15, -0.1) is 0 Å². The summed E-state index contributed by atoms with van der Waals surface area (Å²) in [6.07, 6.45) is -0.215. The first-order chi connectivity index (χ1) is 10.3. The number of nitrogens with one attached hydrogen (secondary N) is 1. The molecule has 1 heterocycles. The maximum Gasteiger partial charge on any atom is 0.410 e. The van der Waals surface area contributed by atoms with Crippen LogP contribution in [0.4, 0.5) is 4.79 Å². The molecule has 0 aromatic rings. The molecular formula is C17H36N2O3. The molecule has 0 bridgehead atoms. The highest BCUT2D eigenvalue weighted by Crippen LogP contribution is 2.19. The van der Waals surface area contributed by atoms with Crippen molar-refractivity contribution in [3.8, 4) is 0 Å². The molecule has 1 rings (SSSR count). The van der Waals surface area contributed by atoms with Crippen molar-refractivity contribution in [3.05, 3.63) is 0 Å². The van der Waals surface area contributed by atoms with Crippen LogP contribution in [0.3, 0.4) is 0 Å². The Morgan fingerprint density at radius 2 is 1.86 bits per heavy atom. The molecular weight excluding hydrogens is 280 g/mol. The second kappa shape index (κ2) is 10.8. The van der Waals surface area contributed by atoms with Gasteiger partial charge in [0.1, 0.15) is 5.60 Å². The molecule has 5 nitrogen and oxygen atoms in total. The Hall–Kier alpha value is -0.810. The van der Waals surface area contributed by atoms with Gasteiger partial charge in [-0.25, -0.2) is 4.79 Å². The topological polar surface area (TPSA) is 50.8 Å². The van der Waals surface area contributed by atoms with Gasteiger partial charge in [0.05, 0.1) is 13.2 Å². The molecule has 1 saturated heterocycles. The Morgan fingerprint density at radius 3 is 2.36 bits per heavy atom. The number of hydrogen-bond donors (Lipinski definition) is 1. The summed E-state index contributed by atoms with van der Waals surface area (Å²) in [7, 11) is 0. The molecule has 1 aliphatic heterocycles. The fourth-order valence-electron chi connectivity index (χ4n) is 1.94. The number of amides is 1. The SMILES string of the molecule is CC.CC(C)CNCCOCC1CN(C(=O)OC(C)(C)C)C1. The van der Waals surface area contributed by atoms with Gasteiger partial charge in [-0.3, -0.25) is 0 Å². The van der Waals surface area contributed by atoms with E-state index < -0.39 is 5.60 Å². The summed E-state index contributed by atoms with van der Waals surface area (Å²) in [5.41, 5.74) is -0.416. The van der Waals surface area contributed by atoms with Crippen molar-refractivity contribution in [2.45, 2.75) is 54.1 Å². The van der Waals surface area contributed by atoms with E-state index in [-0.39, 0.29) is 6.09 Å². The summed E-state index contributed by atoms with van der Waals surface area (Å²) in [4.78, 5) is 13.5. The van der Waals surface area contributed by atoms with E-state index in [0.717, 1.165) is 39.4 Å². The van der Waals surface area contributed by atoms with Crippen molar-refractivity contribution in [3.63, 3.8) is 0 Å². The number of carbonyl (C=O) groups excluding carboxylic acids is 1. The fourth-order valence-corrected chi connectivity index (χ4v) is 1.94. The van der Waals surface area contributed by atoms with Gasteiger partial charge in [-0.1, -0.05) is 27.7 Å². The largest absolute Gasteiger partial charge is 0.444 e. The van der Waals surface area contributed by atoms with Crippen LogP contribution < -0.4 is 5.32 Å². The lowest BCUT2D eigenvalue weighted by atomic mass is 10.0. The highest BCUT2D eigenvalue weighted by Gasteiger charge is 2.33. The zero-order valence-corrected chi connectivity index (χ0v) is 15.6. The molecule has 0 aromatic carbocycles. The summed E-state index contributed by atoms with van der Waals surface area (Å²) in [6, 6.07) is 0. The molecule has 1 fully saturated rings. The molecule has 0 aromatic heterocycles. The van der Waals surface area contributed by atoms with Gasteiger partial charge in [0, 0.05) is 25.6 Å². The number of ether oxygens (including phenoxy) is 2.